The number of alkyl halides is 3. The summed E-state index contributed by atoms with van der Waals surface area (Å²) in [6, 6.07) is 3.92. The molecular weight excluding hydrogens is 189 g/mol. The molecule has 0 aliphatic carbocycles. The Kier molecular flexibility index (Phi) is 3.19. The van der Waals surface area contributed by atoms with Crippen molar-refractivity contribution < 1.29 is 13.2 Å². The van der Waals surface area contributed by atoms with Gasteiger partial charge in [-0.25, -0.2) is 0 Å². The van der Waals surface area contributed by atoms with Crippen molar-refractivity contribution in [1.29, 1.82) is 0 Å². The Labute approximate surface area is 81.8 Å². The normalized spacial score (nSPS) is 11.8. The molecule has 1 aromatic rings. The molecule has 1 rings (SSSR count). The SMILES string of the molecule is CCCc1cc(C(F)(F)F)ccc1C. The van der Waals surface area contributed by atoms with Gasteiger partial charge in [-0.3, -0.25) is 0 Å². The fourth-order valence-electron chi connectivity index (χ4n) is 1.39. The second-order valence-corrected chi connectivity index (χ2v) is 3.39. The minimum atomic E-state index is -4.23. The molecule has 0 saturated heterocycles. The Bertz CT molecular complexity index is 313. The molecule has 0 amide bonds. The van der Waals surface area contributed by atoms with Crippen molar-refractivity contribution in [1.82, 2.24) is 0 Å². The monoisotopic (exact) mass is 202 g/mol. The lowest BCUT2D eigenvalue weighted by molar-refractivity contribution is -0.137. The smallest absolute Gasteiger partial charge is 0.166 e. The Morgan fingerprint density at radius 1 is 1.21 bits per heavy atom. The largest absolute Gasteiger partial charge is 0.416 e. The molecular formula is C11H13F3. The van der Waals surface area contributed by atoms with Crippen LogP contribution in [-0.4, -0.2) is 0 Å². The van der Waals surface area contributed by atoms with Crippen molar-refractivity contribution in [3.63, 3.8) is 0 Å². The standard InChI is InChI=1S/C11H13F3/c1-3-4-9-7-10(11(12,13)14)6-5-8(9)2/h5-7H,3-4H2,1-2H3. The van der Waals surface area contributed by atoms with Crippen LogP contribution in [0.3, 0.4) is 0 Å². The molecule has 0 bridgehead atoms. The first-order chi connectivity index (χ1) is 6.45. The fourth-order valence-corrected chi connectivity index (χ4v) is 1.39. The zero-order valence-corrected chi connectivity index (χ0v) is 8.28. The van der Waals surface area contributed by atoms with Crippen LogP contribution in [0.2, 0.25) is 0 Å². The Morgan fingerprint density at radius 2 is 1.86 bits per heavy atom. The number of hydrogen-bond acceptors (Lipinski definition) is 0. The summed E-state index contributed by atoms with van der Waals surface area (Å²) in [4.78, 5) is 0. The van der Waals surface area contributed by atoms with Crippen LogP contribution >= 0.6 is 0 Å². The van der Waals surface area contributed by atoms with Crippen LogP contribution in [0.4, 0.5) is 13.2 Å². The highest BCUT2D eigenvalue weighted by molar-refractivity contribution is 5.32. The molecule has 0 fully saturated rings. The summed E-state index contributed by atoms with van der Waals surface area (Å²) in [6.45, 7) is 3.80. The zero-order valence-electron chi connectivity index (χ0n) is 8.28. The molecule has 0 saturated carbocycles. The molecule has 14 heavy (non-hydrogen) atoms. The molecule has 0 atom stereocenters. The number of halogens is 3. The predicted molar refractivity (Wildman–Crippen MR) is 50.2 cm³/mol. The maximum Gasteiger partial charge on any atom is 0.416 e. The average Bonchev–Trinajstić information content (AvgIpc) is 2.07. The second kappa shape index (κ2) is 4.03. The molecule has 1 aromatic carbocycles. The summed E-state index contributed by atoms with van der Waals surface area (Å²) in [7, 11) is 0. The summed E-state index contributed by atoms with van der Waals surface area (Å²) in [5, 5.41) is 0. The third-order valence-corrected chi connectivity index (χ3v) is 2.20. The van der Waals surface area contributed by atoms with Crippen LogP contribution in [0.5, 0.6) is 0 Å². The van der Waals surface area contributed by atoms with Gasteiger partial charge in [0.1, 0.15) is 0 Å². The Morgan fingerprint density at radius 3 is 2.36 bits per heavy atom. The van der Waals surface area contributed by atoms with Gasteiger partial charge in [0.25, 0.3) is 0 Å². The van der Waals surface area contributed by atoms with Crippen LogP contribution in [0.25, 0.3) is 0 Å². The molecule has 0 aromatic heterocycles. The van der Waals surface area contributed by atoms with E-state index in [0.717, 1.165) is 23.6 Å². The summed E-state index contributed by atoms with van der Waals surface area (Å²) in [5.74, 6) is 0. The van der Waals surface area contributed by atoms with Crippen molar-refractivity contribution in [2.75, 3.05) is 0 Å². The van der Waals surface area contributed by atoms with Crippen LogP contribution in [-0.2, 0) is 12.6 Å². The maximum absolute atomic E-state index is 12.3. The molecule has 0 heterocycles. The second-order valence-electron chi connectivity index (χ2n) is 3.39. The van der Waals surface area contributed by atoms with Crippen LogP contribution in [0.1, 0.15) is 30.0 Å². The first-order valence-corrected chi connectivity index (χ1v) is 4.62. The highest BCUT2D eigenvalue weighted by Gasteiger charge is 2.30. The van der Waals surface area contributed by atoms with E-state index in [9.17, 15) is 13.2 Å². The van der Waals surface area contributed by atoms with Gasteiger partial charge in [0, 0.05) is 0 Å². The third kappa shape index (κ3) is 2.50. The topological polar surface area (TPSA) is 0 Å². The zero-order chi connectivity index (χ0) is 10.8. The van der Waals surface area contributed by atoms with Gasteiger partial charge in [0.15, 0.2) is 0 Å². The Hall–Kier alpha value is -0.990. The van der Waals surface area contributed by atoms with E-state index < -0.39 is 11.7 Å². The molecule has 0 aliphatic heterocycles. The van der Waals surface area contributed by atoms with Crippen LogP contribution < -0.4 is 0 Å². The number of hydrogen-bond donors (Lipinski definition) is 0. The number of rotatable bonds is 2. The van der Waals surface area contributed by atoms with E-state index in [0.29, 0.717) is 6.42 Å². The molecule has 0 nitrogen and oxygen atoms in total. The molecule has 0 aliphatic rings. The summed E-state index contributed by atoms with van der Waals surface area (Å²) in [6.07, 6.45) is -2.66. The minimum absolute atomic E-state index is 0.549. The van der Waals surface area contributed by atoms with Crippen molar-refractivity contribution in [2.24, 2.45) is 0 Å². The van der Waals surface area contributed by atoms with Gasteiger partial charge in [-0.1, -0.05) is 19.4 Å². The summed E-state index contributed by atoms with van der Waals surface area (Å²) in [5.41, 5.74) is 1.17. The molecule has 0 N–H and O–H groups in total. The van der Waals surface area contributed by atoms with E-state index in [-0.39, 0.29) is 0 Å². The summed E-state index contributed by atoms with van der Waals surface area (Å²) < 4.78 is 37.0. The van der Waals surface area contributed by atoms with Crippen molar-refractivity contribution >= 4 is 0 Å². The van der Waals surface area contributed by atoms with Gasteiger partial charge in [-0.05, 0) is 36.6 Å². The third-order valence-electron chi connectivity index (χ3n) is 2.20. The highest BCUT2D eigenvalue weighted by Crippen LogP contribution is 2.30. The predicted octanol–water partition coefficient (Wildman–Crippen LogP) is 3.97. The lowest BCUT2D eigenvalue weighted by atomic mass is 10.0. The molecule has 3 heteroatoms. The van der Waals surface area contributed by atoms with Gasteiger partial charge >= 0.3 is 6.18 Å². The van der Waals surface area contributed by atoms with Crippen molar-refractivity contribution in [2.45, 2.75) is 32.9 Å². The van der Waals surface area contributed by atoms with E-state index in [1.807, 2.05) is 13.8 Å². The molecule has 0 radical (unpaired) electrons. The average molecular weight is 202 g/mol. The molecule has 78 valence electrons. The number of aryl methyl sites for hydroxylation is 2. The van der Waals surface area contributed by atoms with Crippen molar-refractivity contribution in [3.8, 4) is 0 Å². The fraction of sp³-hybridized carbons (Fsp3) is 0.455. The van der Waals surface area contributed by atoms with Crippen LogP contribution in [0, 0.1) is 6.92 Å². The van der Waals surface area contributed by atoms with Gasteiger partial charge in [0.2, 0.25) is 0 Å². The van der Waals surface area contributed by atoms with Gasteiger partial charge in [0.05, 0.1) is 5.56 Å². The van der Waals surface area contributed by atoms with Gasteiger partial charge in [-0.15, -0.1) is 0 Å². The molecule has 0 unspecified atom stereocenters. The van der Waals surface area contributed by atoms with E-state index >= 15 is 0 Å². The lowest BCUT2D eigenvalue weighted by Gasteiger charge is -2.10. The van der Waals surface area contributed by atoms with E-state index in [1.165, 1.54) is 12.1 Å². The highest BCUT2D eigenvalue weighted by atomic mass is 19.4. The first kappa shape index (κ1) is 11.1. The van der Waals surface area contributed by atoms with Crippen molar-refractivity contribution in [3.05, 3.63) is 34.9 Å². The Balaban J connectivity index is 3.06. The van der Waals surface area contributed by atoms with E-state index in [2.05, 4.69) is 0 Å². The van der Waals surface area contributed by atoms with E-state index in [1.54, 1.807) is 0 Å². The summed E-state index contributed by atoms with van der Waals surface area (Å²) >= 11 is 0. The quantitative estimate of drug-likeness (QED) is 0.680. The number of benzene rings is 1. The minimum Gasteiger partial charge on any atom is -0.166 e. The van der Waals surface area contributed by atoms with Crippen LogP contribution in [0.15, 0.2) is 18.2 Å². The maximum atomic E-state index is 12.3. The molecule has 0 spiro atoms. The first-order valence-electron chi connectivity index (χ1n) is 4.62. The van der Waals surface area contributed by atoms with E-state index in [4.69, 9.17) is 0 Å². The van der Waals surface area contributed by atoms with Gasteiger partial charge < -0.3 is 0 Å². The van der Waals surface area contributed by atoms with Gasteiger partial charge in [-0.2, -0.15) is 13.2 Å². The lowest BCUT2D eigenvalue weighted by Crippen LogP contribution is -2.06.